The lowest BCUT2D eigenvalue weighted by Gasteiger charge is -2.13. The van der Waals surface area contributed by atoms with Gasteiger partial charge < -0.3 is 4.74 Å². The van der Waals surface area contributed by atoms with Gasteiger partial charge in [0.15, 0.2) is 5.78 Å². The predicted molar refractivity (Wildman–Crippen MR) is 72.1 cm³/mol. The highest BCUT2D eigenvalue weighted by atomic mass is 16.5. The molecule has 0 aliphatic carbocycles. The summed E-state index contributed by atoms with van der Waals surface area (Å²) in [7, 11) is 0. The van der Waals surface area contributed by atoms with Crippen molar-refractivity contribution in [2.45, 2.75) is 20.0 Å². The molecule has 2 aromatic carbocycles. The molecule has 2 rings (SSSR count). The number of hydrogen-bond acceptors (Lipinski definition) is 2. The smallest absolute Gasteiger partial charge is 0.196 e. The Bertz CT molecular complexity index is 530. The fraction of sp³-hybridized carbons (Fsp3) is 0.188. The number of para-hydroxylation sites is 1. The van der Waals surface area contributed by atoms with E-state index in [2.05, 4.69) is 0 Å². The monoisotopic (exact) mass is 240 g/mol. The Morgan fingerprint density at radius 3 is 2.22 bits per heavy atom. The van der Waals surface area contributed by atoms with E-state index in [4.69, 9.17) is 4.74 Å². The Morgan fingerprint density at radius 2 is 1.56 bits per heavy atom. The Morgan fingerprint density at radius 1 is 0.944 bits per heavy atom. The third-order valence-electron chi connectivity index (χ3n) is 2.53. The highest BCUT2D eigenvalue weighted by Crippen LogP contribution is 2.22. The van der Waals surface area contributed by atoms with Crippen molar-refractivity contribution in [2.24, 2.45) is 0 Å². The first-order valence-electron chi connectivity index (χ1n) is 6.04. The number of carbonyl (C=O) groups excluding carboxylic acids is 1. The van der Waals surface area contributed by atoms with Crippen molar-refractivity contribution in [1.82, 2.24) is 0 Å². The van der Waals surface area contributed by atoms with E-state index in [0.717, 1.165) is 0 Å². The van der Waals surface area contributed by atoms with Crippen molar-refractivity contribution in [2.75, 3.05) is 0 Å². The topological polar surface area (TPSA) is 26.3 Å². The van der Waals surface area contributed by atoms with Crippen LogP contribution in [0.5, 0.6) is 5.75 Å². The lowest BCUT2D eigenvalue weighted by molar-refractivity contribution is 0.103. The Kier molecular flexibility index (Phi) is 3.78. The van der Waals surface area contributed by atoms with E-state index in [1.54, 1.807) is 6.07 Å². The molecule has 2 nitrogen and oxygen atoms in total. The molecule has 92 valence electrons. The molecule has 0 aliphatic rings. The van der Waals surface area contributed by atoms with Crippen LogP contribution in [0.25, 0.3) is 0 Å². The minimum atomic E-state index is -0.00755. The van der Waals surface area contributed by atoms with Gasteiger partial charge in [-0.05, 0) is 26.0 Å². The highest BCUT2D eigenvalue weighted by molar-refractivity contribution is 6.10. The molecule has 0 spiro atoms. The van der Waals surface area contributed by atoms with Gasteiger partial charge in [-0.15, -0.1) is 0 Å². The number of carbonyl (C=O) groups is 1. The normalized spacial score (nSPS) is 10.4. The fourth-order valence-electron chi connectivity index (χ4n) is 1.76. The van der Waals surface area contributed by atoms with E-state index in [9.17, 15) is 4.79 Å². The number of ketones is 1. The van der Waals surface area contributed by atoms with Gasteiger partial charge >= 0.3 is 0 Å². The van der Waals surface area contributed by atoms with Crippen molar-refractivity contribution in [3.63, 3.8) is 0 Å². The molecule has 0 aliphatic heterocycles. The average molecular weight is 240 g/mol. The zero-order valence-corrected chi connectivity index (χ0v) is 10.6. The molecule has 0 bridgehead atoms. The number of rotatable bonds is 4. The second-order valence-corrected chi connectivity index (χ2v) is 4.36. The van der Waals surface area contributed by atoms with Crippen LogP contribution in [0, 0.1) is 0 Å². The van der Waals surface area contributed by atoms with Crippen LogP contribution in [-0.2, 0) is 0 Å². The summed E-state index contributed by atoms with van der Waals surface area (Å²) < 4.78 is 5.67. The molecule has 0 heterocycles. The summed E-state index contributed by atoms with van der Waals surface area (Å²) in [5, 5.41) is 0. The van der Waals surface area contributed by atoms with E-state index in [-0.39, 0.29) is 11.9 Å². The molecule has 0 radical (unpaired) electrons. The van der Waals surface area contributed by atoms with E-state index in [0.29, 0.717) is 16.9 Å². The van der Waals surface area contributed by atoms with Gasteiger partial charge in [0.2, 0.25) is 0 Å². The summed E-state index contributed by atoms with van der Waals surface area (Å²) in [6, 6.07) is 16.6. The molecular weight excluding hydrogens is 224 g/mol. The largest absolute Gasteiger partial charge is 0.490 e. The molecule has 18 heavy (non-hydrogen) atoms. The summed E-state index contributed by atoms with van der Waals surface area (Å²) in [5.74, 6) is 0.633. The summed E-state index contributed by atoms with van der Waals surface area (Å²) in [6.45, 7) is 3.90. The van der Waals surface area contributed by atoms with Gasteiger partial charge in [0, 0.05) is 5.56 Å². The minimum absolute atomic E-state index is 0.00755. The van der Waals surface area contributed by atoms with Crippen molar-refractivity contribution in [3.8, 4) is 5.75 Å². The summed E-state index contributed by atoms with van der Waals surface area (Å²) in [4.78, 5) is 12.4. The van der Waals surface area contributed by atoms with Gasteiger partial charge in [-0.1, -0.05) is 42.5 Å². The van der Waals surface area contributed by atoms with Gasteiger partial charge in [-0.25, -0.2) is 0 Å². The van der Waals surface area contributed by atoms with Crippen molar-refractivity contribution in [3.05, 3.63) is 65.7 Å². The van der Waals surface area contributed by atoms with E-state index >= 15 is 0 Å². The van der Waals surface area contributed by atoms with E-state index in [1.807, 2.05) is 62.4 Å². The Labute approximate surface area is 107 Å². The first-order chi connectivity index (χ1) is 8.68. The zero-order chi connectivity index (χ0) is 13.0. The Balaban J connectivity index is 2.36. The lowest BCUT2D eigenvalue weighted by atomic mass is 10.0. The first-order valence-corrected chi connectivity index (χ1v) is 6.04. The van der Waals surface area contributed by atoms with Crippen LogP contribution >= 0.6 is 0 Å². The van der Waals surface area contributed by atoms with Gasteiger partial charge in [0.1, 0.15) is 5.75 Å². The molecule has 2 heteroatoms. The standard InChI is InChI=1S/C16H16O2/c1-12(2)18-15-11-7-6-10-14(15)16(17)13-8-4-3-5-9-13/h3-12H,1-2H3. The summed E-state index contributed by atoms with van der Waals surface area (Å²) in [6.07, 6.45) is 0.0507. The van der Waals surface area contributed by atoms with Gasteiger partial charge in [-0.3, -0.25) is 4.79 Å². The highest BCUT2D eigenvalue weighted by Gasteiger charge is 2.14. The molecule has 0 unspecified atom stereocenters. The summed E-state index contributed by atoms with van der Waals surface area (Å²) in [5.41, 5.74) is 1.29. The number of benzene rings is 2. The Hall–Kier alpha value is -2.09. The molecule has 0 saturated heterocycles. The van der Waals surface area contributed by atoms with Crippen molar-refractivity contribution < 1.29 is 9.53 Å². The van der Waals surface area contributed by atoms with Crippen LogP contribution in [0.1, 0.15) is 29.8 Å². The van der Waals surface area contributed by atoms with Crippen molar-refractivity contribution >= 4 is 5.78 Å². The molecule has 0 N–H and O–H groups in total. The predicted octanol–water partition coefficient (Wildman–Crippen LogP) is 3.70. The van der Waals surface area contributed by atoms with Crippen LogP contribution in [0.4, 0.5) is 0 Å². The van der Waals surface area contributed by atoms with Crippen LogP contribution in [0.2, 0.25) is 0 Å². The maximum absolute atomic E-state index is 12.4. The van der Waals surface area contributed by atoms with Gasteiger partial charge in [-0.2, -0.15) is 0 Å². The fourth-order valence-corrected chi connectivity index (χ4v) is 1.76. The second-order valence-electron chi connectivity index (χ2n) is 4.36. The molecule has 0 saturated carbocycles. The van der Waals surface area contributed by atoms with Crippen LogP contribution in [0.3, 0.4) is 0 Å². The summed E-state index contributed by atoms with van der Waals surface area (Å²) >= 11 is 0. The second kappa shape index (κ2) is 5.50. The maximum atomic E-state index is 12.4. The quantitative estimate of drug-likeness (QED) is 0.761. The van der Waals surface area contributed by atoms with Crippen molar-refractivity contribution in [1.29, 1.82) is 0 Å². The van der Waals surface area contributed by atoms with Crippen LogP contribution in [0.15, 0.2) is 54.6 Å². The third-order valence-corrected chi connectivity index (χ3v) is 2.53. The zero-order valence-electron chi connectivity index (χ0n) is 10.6. The van der Waals surface area contributed by atoms with Crippen LogP contribution in [-0.4, -0.2) is 11.9 Å². The molecule has 0 fully saturated rings. The molecule has 0 aromatic heterocycles. The SMILES string of the molecule is CC(C)Oc1ccccc1C(=O)c1ccccc1. The average Bonchev–Trinajstić information content (AvgIpc) is 2.39. The molecule has 2 aromatic rings. The molecule has 0 amide bonds. The number of hydrogen-bond donors (Lipinski definition) is 0. The third kappa shape index (κ3) is 2.77. The van der Waals surface area contributed by atoms with Crippen LogP contribution < -0.4 is 4.74 Å². The molecule has 0 atom stereocenters. The van der Waals surface area contributed by atoms with Gasteiger partial charge in [0.05, 0.1) is 11.7 Å². The first kappa shape index (κ1) is 12.4. The number of ether oxygens (including phenoxy) is 1. The minimum Gasteiger partial charge on any atom is -0.490 e. The molecular formula is C16H16O2. The lowest BCUT2D eigenvalue weighted by Crippen LogP contribution is -2.10. The maximum Gasteiger partial charge on any atom is 0.196 e. The van der Waals surface area contributed by atoms with E-state index < -0.39 is 0 Å². The van der Waals surface area contributed by atoms with Gasteiger partial charge in [0.25, 0.3) is 0 Å². The van der Waals surface area contributed by atoms with E-state index in [1.165, 1.54) is 0 Å².